The monoisotopic (exact) mass is 393 g/mol. The fourth-order valence-electron chi connectivity index (χ4n) is 2.90. The summed E-state index contributed by atoms with van der Waals surface area (Å²) in [5.41, 5.74) is 2.95. The molecule has 0 fully saturated rings. The van der Waals surface area contributed by atoms with Gasteiger partial charge in [-0.2, -0.15) is 0 Å². The first-order valence-corrected chi connectivity index (χ1v) is 9.67. The molecule has 1 aliphatic heterocycles. The van der Waals surface area contributed by atoms with E-state index in [1.54, 1.807) is 6.20 Å². The van der Waals surface area contributed by atoms with Crippen molar-refractivity contribution in [3.05, 3.63) is 89.1 Å². The number of rotatable bonds is 4. The number of carbonyl (C=O) groups is 1. The lowest BCUT2D eigenvalue weighted by molar-refractivity contribution is -0.109. The second-order valence-corrected chi connectivity index (χ2v) is 7.43. The molecule has 0 N–H and O–H groups in total. The van der Waals surface area contributed by atoms with Gasteiger partial charge in [0.05, 0.1) is 6.54 Å². The number of benzene rings is 2. The Hall–Kier alpha value is -2.63. The highest BCUT2D eigenvalue weighted by atomic mass is 35.5. The zero-order valence-corrected chi connectivity index (χ0v) is 15.9. The zero-order chi connectivity index (χ0) is 18.6. The minimum atomic E-state index is -0.546. The number of pyridine rings is 1. The normalized spacial score (nSPS) is 15.6. The van der Waals surface area contributed by atoms with Crippen LogP contribution in [0.1, 0.15) is 17.2 Å². The Morgan fingerprint density at radius 1 is 1.04 bits per heavy atom. The Kier molecular flexibility index (Phi) is 5.23. The molecule has 0 saturated heterocycles. The number of aromatic nitrogens is 1. The van der Waals surface area contributed by atoms with E-state index in [4.69, 9.17) is 16.6 Å². The van der Waals surface area contributed by atoms with E-state index in [1.807, 2.05) is 54.6 Å². The number of nitrogens with zero attached hydrogens (tertiary/aromatic N) is 3. The molecule has 1 atom stereocenters. The van der Waals surface area contributed by atoms with Crippen molar-refractivity contribution in [1.82, 2.24) is 4.98 Å². The van der Waals surface area contributed by atoms with Crippen LogP contribution in [0.15, 0.2) is 82.9 Å². The summed E-state index contributed by atoms with van der Waals surface area (Å²) in [6.07, 6.45) is 2.60. The maximum Gasteiger partial charge on any atom is 0.171 e. The molecule has 27 heavy (non-hydrogen) atoms. The molecule has 6 heteroatoms. The number of hydrogen-bond acceptors (Lipinski definition) is 5. The molecule has 4 nitrogen and oxygen atoms in total. The molecule has 0 amide bonds. The van der Waals surface area contributed by atoms with Crippen LogP contribution in [0.2, 0.25) is 5.02 Å². The summed E-state index contributed by atoms with van der Waals surface area (Å²) >= 11 is 7.54. The molecule has 134 valence electrons. The van der Waals surface area contributed by atoms with Gasteiger partial charge in [0.2, 0.25) is 0 Å². The first kappa shape index (κ1) is 17.8. The fraction of sp³-hybridized carbons (Fsp3) is 0.0952. The topological polar surface area (TPSA) is 45.6 Å². The third-order valence-electron chi connectivity index (χ3n) is 4.24. The van der Waals surface area contributed by atoms with Crippen molar-refractivity contribution < 1.29 is 4.79 Å². The van der Waals surface area contributed by atoms with E-state index in [1.165, 1.54) is 11.8 Å². The number of fused-ring (bicyclic) bond motifs is 1. The molecule has 2 heterocycles. The molecule has 2 aromatic carbocycles. The van der Waals surface area contributed by atoms with Gasteiger partial charge in [-0.3, -0.25) is 0 Å². The fourth-order valence-corrected chi connectivity index (χ4v) is 4.07. The first-order valence-electron chi connectivity index (χ1n) is 8.47. The van der Waals surface area contributed by atoms with Crippen LogP contribution in [0.5, 0.6) is 0 Å². The van der Waals surface area contributed by atoms with Crippen LogP contribution < -0.4 is 4.90 Å². The summed E-state index contributed by atoms with van der Waals surface area (Å²) in [6, 6.07) is 21.0. The van der Waals surface area contributed by atoms with Crippen molar-refractivity contribution in [3.8, 4) is 0 Å². The standard InChI is InChI=1S/C21H16ClN3OS/c22-16-8-10-17(11-9-16)25(13-15-5-2-1-3-6-15)21-24-19(14-26)18-7-4-12-23-20(18)27-21/h1-12,14,19H,13H2. The Balaban J connectivity index is 1.75. The Bertz CT molecular complexity index is 976. The zero-order valence-electron chi connectivity index (χ0n) is 14.3. The molecular weight excluding hydrogens is 378 g/mol. The second kappa shape index (κ2) is 7.94. The number of hydrogen-bond donors (Lipinski definition) is 0. The predicted octanol–water partition coefficient (Wildman–Crippen LogP) is 5.14. The largest absolute Gasteiger partial charge is 0.316 e. The van der Waals surface area contributed by atoms with Gasteiger partial charge in [0.25, 0.3) is 0 Å². The van der Waals surface area contributed by atoms with Gasteiger partial charge in [-0.1, -0.05) is 48.0 Å². The quantitative estimate of drug-likeness (QED) is 0.575. The Morgan fingerprint density at radius 3 is 2.56 bits per heavy atom. The van der Waals surface area contributed by atoms with Gasteiger partial charge in [0.1, 0.15) is 17.4 Å². The van der Waals surface area contributed by atoms with Crippen molar-refractivity contribution in [3.63, 3.8) is 0 Å². The molecule has 4 rings (SSSR count). The predicted molar refractivity (Wildman–Crippen MR) is 110 cm³/mol. The average molecular weight is 394 g/mol. The van der Waals surface area contributed by atoms with Gasteiger partial charge in [-0.25, -0.2) is 9.98 Å². The third-order valence-corrected chi connectivity index (χ3v) is 5.53. The smallest absolute Gasteiger partial charge is 0.171 e. The molecule has 1 unspecified atom stereocenters. The van der Waals surface area contributed by atoms with Crippen LogP contribution in [-0.2, 0) is 11.3 Å². The van der Waals surface area contributed by atoms with Gasteiger partial charge >= 0.3 is 0 Å². The van der Waals surface area contributed by atoms with Crippen molar-refractivity contribution in [2.24, 2.45) is 4.99 Å². The van der Waals surface area contributed by atoms with Crippen LogP contribution in [0.25, 0.3) is 0 Å². The molecule has 0 bridgehead atoms. The van der Waals surface area contributed by atoms with E-state index in [9.17, 15) is 4.79 Å². The van der Waals surface area contributed by atoms with E-state index in [0.717, 1.165) is 33.3 Å². The van der Waals surface area contributed by atoms with Crippen LogP contribution in [0, 0.1) is 0 Å². The maximum atomic E-state index is 11.7. The molecule has 0 spiro atoms. The summed E-state index contributed by atoms with van der Waals surface area (Å²) < 4.78 is 0. The number of anilines is 1. The number of aliphatic imine (C=N–C) groups is 1. The van der Waals surface area contributed by atoms with Gasteiger partial charge in [-0.05, 0) is 47.7 Å². The summed E-state index contributed by atoms with van der Waals surface area (Å²) in [6.45, 7) is 0.627. The number of carbonyl (C=O) groups excluding carboxylic acids is 1. The van der Waals surface area contributed by atoms with E-state index < -0.39 is 6.04 Å². The highest BCUT2D eigenvalue weighted by Crippen LogP contribution is 2.36. The SMILES string of the molecule is O=CC1N=C(N(Cc2ccccc2)c2ccc(Cl)cc2)Sc2ncccc21. The van der Waals surface area contributed by atoms with Gasteiger partial charge in [0.15, 0.2) is 5.17 Å². The molecule has 3 aromatic rings. The van der Waals surface area contributed by atoms with Crippen LogP contribution in [-0.4, -0.2) is 16.4 Å². The molecular formula is C21H16ClN3OS. The first-order chi connectivity index (χ1) is 13.2. The van der Waals surface area contributed by atoms with Crippen molar-refractivity contribution in [2.45, 2.75) is 17.6 Å². The number of halogens is 1. The van der Waals surface area contributed by atoms with E-state index in [0.29, 0.717) is 11.6 Å². The Morgan fingerprint density at radius 2 is 1.81 bits per heavy atom. The molecule has 1 aromatic heterocycles. The number of thioether (sulfide) groups is 1. The molecule has 0 aliphatic carbocycles. The maximum absolute atomic E-state index is 11.7. The lowest BCUT2D eigenvalue weighted by atomic mass is 10.1. The highest BCUT2D eigenvalue weighted by Gasteiger charge is 2.27. The third kappa shape index (κ3) is 3.89. The van der Waals surface area contributed by atoms with Gasteiger partial charge in [0, 0.05) is 22.5 Å². The van der Waals surface area contributed by atoms with Crippen molar-refractivity contribution in [1.29, 1.82) is 0 Å². The lowest BCUT2D eigenvalue weighted by Crippen LogP contribution is -2.30. The van der Waals surface area contributed by atoms with Crippen molar-refractivity contribution >= 4 is 40.5 Å². The molecule has 1 aliphatic rings. The summed E-state index contributed by atoms with van der Waals surface area (Å²) in [5, 5.41) is 2.23. The summed E-state index contributed by atoms with van der Waals surface area (Å²) in [4.78, 5) is 22.9. The van der Waals surface area contributed by atoms with Crippen LogP contribution in [0.4, 0.5) is 5.69 Å². The van der Waals surface area contributed by atoms with Crippen LogP contribution in [0.3, 0.4) is 0 Å². The Labute approximate surface area is 166 Å². The van der Waals surface area contributed by atoms with Crippen LogP contribution >= 0.6 is 23.4 Å². The number of amidine groups is 1. The van der Waals surface area contributed by atoms with E-state index in [2.05, 4.69) is 22.0 Å². The van der Waals surface area contributed by atoms with E-state index >= 15 is 0 Å². The average Bonchev–Trinajstić information content (AvgIpc) is 2.72. The summed E-state index contributed by atoms with van der Waals surface area (Å²) in [7, 11) is 0. The van der Waals surface area contributed by atoms with E-state index in [-0.39, 0.29) is 0 Å². The second-order valence-electron chi connectivity index (χ2n) is 6.04. The minimum Gasteiger partial charge on any atom is -0.316 e. The minimum absolute atomic E-state index is 0.546. The van der Waals surface area contributed by atoms with Gasteiger partial charge in [-0.15, -0.1) is 0 Å². The van der Waals surface area contributed by atoms with Crippen molar-refractivity contribution in [2.75, 3.05) is 4.90 Å². The summed E-state index contributed by atoms with van der Waals surface area (Å²) in [5.74, 6) is 0. The highest BCUT2D eigenvalue weighted by molar-refractivity contribution is 8.14. The lowest BCUT2D eigenvalue weighted by Gasteiger charge is -2.29. The number of aldehydes is 1. The molecule has 0 radical (unpaired) electrons. The molecule has 0 saturated carbocycles. The van der Waals surface area contributed by atoms with Gasteiger partial charge < -0.3 is 9.69 Å².